The van der Waals surface area contributed by atoms with Crippen LogP contribution in [-0.2, 0) is 6.54 Å². The Morgan fingerprint density at radius 2 is 1.64 bits per heavy atom. The van der Waals surface area contributed by atoms with Gasteiger partial charge in [-0.15, -0.1) is 0 Å². The molecule has 1 aromatic heterocycles. The molecule has 2 heterocycles. The van der Waals surface area contributed by atoms with Crippen LogP contribution in [0.2, 0.25) is 0 Å². The van der Waals surface area contributed by atoms with Gasteiger partial charge in [0.2, 0.25) is 0 Å². The fourth-order valence-corrected chi connectivity index (χ4v) is 4.37. The zero-order valence-corrected chi connectivity index (χ0v) is 19.3. The first-order valence-corrected chi connectivity index (χ1v) is 11.2. The number of aryl methyl sites for hydroxylation is 1. The Kier molecular flexibility index (Phi) is 6.77. The van der Waals surface area contributed by atoms with Gasteiger partial charge in [0.25, 0.3) is 11.5 Å². The first-order valence-electron chi connectivity index (χ1n) is 11.2. The predicted molar refractivity (Wildman–Crippen MR) is 127 cm³/mol. The molecule has 4 rings (SSSR count). The average Bonchev–Trinajstić information content (AvgIpc) is 2.85. The molecule has 3 aromatic rings. The molecule has 1 saturated heterocycles. The van der Waals surface area contributed by atoms with E-state index in [1.807, 2.05) is 42.2 Å². The molecular formula is C26H29N3O4. The third kappa shape index (κ3) is 4.77. The Labute approximate surface area is 193 Å². The molecule has 0 spiro atoms. The number of hydrogen-bond donors (Lipinski definition) is 0. The molecule has 33 heavy (non-hydrogen) atoms. The van der Waals surface area contributed by atoms with Crippen LogP contribution in [0.3, 0.4) is 0 Å². The third-order valence-corrected chi connectivity index (χ3v) is 6.21. The molecule has 1 amide bonds. The van der Waals surface area contributed by atoms with E-state index >= 15 is 0 Å². The summed E-state index contributed by atoms with van der Waals surface area (Å²) in [6.45, 7) is 3.67. The van der Waals surface area contributed by atoms with Crippen LogP contribution in [0.15, 0.2) is 59.4 Å². The highest BCUT2D eigenvalue weighted by Crippen LogP contribution is 2.31. The van der Waals surface area contributed by atoms with Crippen molar-refractivity contribution in [3.8, 4) is 22.8 Å². The van der Waals surface area contributed by atoms with Crippen molar-refractivity contribution in [2.75, 3.05) is 27.3 Å². The highest BCUT2D eigenvalue weighted by Gasteiger charge is 2.28. The monoisotopic (exact) mass is 447 g/mol. The Balaban J connectivity index is 1.47. The standard InChI is InChI=1S/C26H29N3O4/c1-18-16-23(30)29(27-25(18)20-8-5-4-6-9-20)17-19-12-14-28(15-13-19)26(31)24-21(32-2)10-7-11-22(24)33-3/h4-11,16,19H,12-15,17H2,1-3H3. The van der Waals surface area contributed by atoms with Gasteiger partial charge in [0.05, 0.1) is 19.9 Å². The van der Waals surface area contributed by atoms with Crippen LogP contribution in [0, 0.1) is 12.8 Å². The normalized spacial score (nSPS) is 14.2. The smallest absolute Gasteiger partial charge is 0.267 e. The number of benzene rings is 2. The number of carbonyl (C=O) groups is 1. The van der Waals surface area contributed by atoms with Gasteiger partial charge in [0.15, 0.2) is 0 Å². The van der Waals surface area contributed by atoms with Gasteiger partial charge in [-0.2, -0.15) is 5.10 Å². The van der Waals surface area contributed by atoms with Crippen LogP contribution in [0.25, 0.3) is 11.3 Å². The van der Waals surface area contributed by atoms with Gasteiger partial charge in [0, 0.05) is 31.3 Å². The van der Waals surface area contributed by atoms with E-state index in [4.69, 9.17) is 9.47 Å². The second-order valence-corrected chi connectivity index (χ2v) is 8.34. The lowest BCUT2D eigenvalue weighted by atomic mass is 9.96. The Morgan fingerprint density at radius 3 is 2.24 bits per heavy atom. The van der Waals surface area contributed by atoms with E-state index in [0.29, 0.717) is 36.7 Å². The average molecular weight is 448 g/mol. The number of methoxy groups -OCH3 is 2. The summed E-state index contributed by atoms with van der Waals surface area (Å²) < 4.78 is 12.4. The van der Waals surface area contributed by atoms with Crippen LogP contribution in [-0.4, -0.2) is 47.9 Å². The summed E-state index contributed by atoms with van der Waals surface area (Å²) >= 11 is 0. The van der Waals surface area contributed by atoms with E-state index in [-0.39, 0.29) is 17.4 Å². The number of ether oxygens (including phenoxy) is 2. The molecule has 1 aliphatic heterocycles. The number of nitrogens with zero attached hydrogens (tertiary/aromatic N) is 3. The Hall–Kier alpha value is -3.61. The zero-order chi connectivity index (χ0) is 23.4. The molecule has 7 heteroatoms. The molecule has 0 aliphatic carbocycles. The van der Waals surface area contributed by atoms with Crippen molar-refractivity contribution in [1.82, 2.24) is 14.7 Å². The van der Waals surface area contributed by atoms with Crippen molar-refractivity contribution in [3.63, 3.8) is 0 Å². The number of rotatable bonds is 6. The van der Waals surface area contributed by atoms with Crippen molar-refractivity contribution < 1.29 is 14.3 Å². The van der Waals surface area contributed by atoms with Gasteiger partial charge in [-0.05, 0) is 43.4 Å². The minimum atomic E-state index is -0.0975. The summed E-state index contributed by atoms with van der Waals surface area (Å²) in [6, 6.07) is 16.9. The first-order chi connectivity index (χ1) is 16.0. The molecule has 2 aromatic carbocycles. The Morgan fingerprint density at radius 1 is 1.00 bits per heavy atom. The molecule has 0 unspecified atom stereocenters. The molecular weight excluding hydrogens is 418 g/mol. The lowest BCUT2D eigenvalue weighted by molar-refractivity contribution is 0.0673. The van der Waals surface area contributed by atoms with E-state index < -0.39 is 0 Å². The van der Waals surface area contributed by atoms with Gasteiger partial charge >= 0.3 is 0 Å². The number of hydrogen-bond acceptors (Lipinski definition) is 5. The third-order valence-electron chi connectivity index (χ3n) is 6.21. The van der Waals surface area contributed by atoms with Gasteiger partial charge < -0.3 is 14.4 Å². The van der Waals surface area contributed by atoms with Crippen molar-refractivity contribution >= 4 is 5.91 Å². The highest BCUT2D eigenvalue weighted by molar-refractivity contribution is 5.99. The Bertz CT molecular complexity index is 1160. The molecule has 7 nitrogen and oxygen atoms in total. The maximum atomic E-state index is 13.2. The van der Waals surface area contributed by atoms with Gasteiger partial charge in [-0.25, -0.2) is 4.68 Å². The minimum absolute atomic E-state index is 0.0931. The molecule has 0 radical (unpaired) electrons. The van der Waals surface area contributed by atoms with E-state index in [1.165, 1.54) is 0 Å². The van der Waals surface area contributed by atoms with Gasteiger partial charge in [-0.3, -0.25) is 9.59 Å². The van der Waals surface area contributed by atoms with E-state index in [1.54, 1.807) is 43.2 Å². The van der Waals surface area contributed by atoms with Crippen molar-refractivity contribution in [3.05, 3.63) is 76.1 Å². The number of carbonyl (C=O) groups excluding carboxylic acids is 1. The fraction of sp³-hybridized carbons (Fsp3) is 0.346. The molecule has 1 fully saturated rings. The maximum absolute atomic E-state index is 13.2. The summed E-state index contributed by atoms with van der Waals surface area (Å²) in [5.41, 5.74) is 3.05. The fourth-order valence-electron chi connectivity index (χ4n) is 4.37. The van der Waals surface area contributed by atoms with Crippen molar-refractivity contribution in [2.24, 2.45) is 5.92 Å². The largest absolute Gasteiger partial charge is 0.496 e. The topological polar surface area (TPSA) is 73.7 Å². The maximum Gasteiger partial charge on any atom is 0.267 e. The van der Waals surface area contributed by atoms with Crippen LogP contribution < -0.4 is 15.0 Å². The summed E-state index contributed by atoms with van der Waals surface area (Å²) in [7, 11) is 3.10. The lowest BCUT2D eigenvalue weighted by Gasteiger charge is -2.32. The van der Waals surface area contributed by atoms with Gasteiger partial charge in [-0.1, -0.05) is 36.4 Å². The van der Waals surface area contributed by atoms with E-state index in [2.05, 4.69) is 5.10 Å². The van der Waals surface area contributed by atoms with Crippen molar-refractivity contribution in [1.29, 1.82) is 0 Å². The minimum Gasteiger partial charge on any atom is -0.496 e. The highest BCUT2D eigenvalue weighted by atomic mass is 16.5. The second kappa shape index (κ2) is 9.90. The number of piperidine rings is 1. The van der Waals surface area contributed by atoms with E-state index in [0.717, 1.165) is 29.7 Å². The SMILES string of the molecule is COc1cccc(OC)c1C(=O)N1CCC(Cn2nc(-c3ccccc3)c(C)cc2=O)CC1. The van der Waals surface area contributed by atoms with Crippen LogP contribution >= 0.6 is 0 Å². The summed E-state index contributed by atoms with van der Waals surface area (Å²) in [5, 5.41) is 4.67. The summed E-state index contributed by atoms with van der Waals surface area (Å²) in [4.78, 5) is 27.7. The lowest BCUT2D eigenvalue weighted by Crippen LogP contribution is -2.40. The van der Waals surface area contributed by atoms with Crippen LogP contribution in [0.1, 0.15) is 28.8 Å². The number of amides is 1. The molecule has 1 aliphatic rings. The summed E-state index contributed by atoms with van der Waals surface area (Å²) in [6.07, 6.45) is 1.59. The molecule has 0 bridgehead atoms. The number of aromatic nitrogens is 2. The zero-order valence-electron chi connectivity index (χ0n) is 19.3. The van der Waals surface area contributed by atoms with E-state index in [9.17, 15) is 9.59 Å². The second-order valence-electron chi connectivity index (χ2n) is 8.34. The molecule has 172 valence electrons. The van der Waals surface area contributed by atoms with Crippen LogP contribution in [0.5, 0.6) is 11.5 Å². The first kappa shape index (κ1) is 22.6. The molecule has 0 saturated carbocycles. The number of likely N-dealkylation sites (tertiary alicyclic amines) is 1. The molecule has 0 atom stereocenters. The summed E-state index contributed by atoms with van der Waals surface area (Å²) in [5.74, 6) is 1.18. The van der Waals surface area contributed by atoms with Crippen molar-refractivity contribution in [2.45, 2.75) is 26.3 Å². The quantitative estimate of drug-likeness (QED) is 0.575. The van der Waals surface area contributed by atoms with Gasteiger partial charge in [0.1, 0.15) is 17.1 Å². The van der Waals surface area contributed by atoms with Crippen LogP contribution in [0.4, 0.5) is 0 Å². The molecule has 0 N–H and O–H groups in total. The predicted octanol–water partition coefficient (Wildman–Crippen LogP) is 3.79.